The van der Waals surface area contributed by atoms with Crippen LogP contribution in [0.2, 0.25) is 0 Å². The molecule has 0 aliphatic carbocycles. The van der Waals surface area contributed by atoms with Crippen molar-refractivity contribution in [2.45, 2.75) is 37.6 Å². The molecule has 1 amide bonds. The molecule has 8 heteroatoms. The van der Waals surface area contributed by atoms with Gasteiger partial charge >= 0.3 is 0 Å². The van der Waals surface area contributed by atoms with E-state index in [4.69, 9.17) is 14.2 Å². The Kier molecular flexibility index (Phi) is 5.78. The van der Waals surface area contributed by atoms with E-state index >= 15 is 0 Å². The van der Waals surface area contributed by atoms with Crippen LogP contribution in [0.1, 0.15) is 6.92 Å². The van der Waals surface area contributed by atoms with Crippen molar-refractivity contribution >= 4 is 5.91 Å². The smallest absolute Gasteiger partial charge is 0.223 e. The zero-order valence-corrected chi connectivity index (χ0v) is 12.9. The molecule has 0 radical (unpaired) electrons. The van der Waals surface area contributed by atoms with Gasteiger partial charge in [0.15, 0.2) is 0 Å². The second-order valence-electron chi connectivity index (χ2n) is 5.23. The van der Waals surface area contributed by atoms with Crippen LogP contribution in [0.5, 0.6) is 11.5 Å². The van der Waals surface area contributed by atoms with Gasteiger partial charge in [-0.2, -0.15) is 0 Å². The number of aliphatic hydroxyl groups is 3. The minimum absolute atomic E-state index is 0.407. The van der Waals surface area contributed by atoms with Crippen LogP contribution in [-0.4, -0.2) is 65.6 Å². The van der Waals surface area contributed by atoms with Crippen molar-refractivity contribution in [1.82, 2.24) is 5.32 Å². The first-order valence-electron chi connectivity index (χ1n) is 7.16. The van der Waals surface area contributed by atoms with E-state index in [9.17, 15) is 20.1 Å². The Morgan fingerprint density at radius 1 is 1.22 bits per heavy atom. The predicted octanol–water partition coefficient (Wildman–Crippen LogP) is -0.982. The Morgan fingerprint density at radius 2 is 1.83 bits per heavy atom. The Labute approximate surface area is 133 Å². The topological polar surface area (TPSA) is 117 Å². The highest BCUT2D eigenvalue weighted by Gasteiger charge is 2.46. The average Bonchev–Trinajstić information content (AvgIpc) is 2.54. The van der Waals surface area contributed by atoms with Crippen LogP contribution < -0.4 is 14.8 Å². The van der Waals surface area contributed by atoms with Gasteiger partial charge in [0.05, 0.1) is 13.7 Å². The van der Waals surface area contributed by atoms with Crippen LogP contribution >= 0.6 is 0 Å². The van der Waals surface area contributed by atoms with E-state index in [1.165, 1.54) is 14.0 Å². The number of nitrogens with one attached hydrogen (secondary N) is 1. The van der Waals surface area contributed by atoms with Gasteiger partial charge in [-0.05, 0) is 24.3 Å². The fourth-order valence-electron chi connectivity index (χ4n) is 2.36. The molecular formula is C15H21NO7. The lowest BCUT2D eigenvalue weighted by Gasteiger charge is -2.42. The maximum atomic E-state index is 11.3. The van der Waals surface area contributed by atoms with Crippen molar-refractivity contribution in [3.63, 3.8) is 0 Å². The zero-order valence-electron chi connectivity index (χ0n) is 12.9. The lowest BCUT2D eigenvalue weighted by atomic mass is 9.97. The molecule has 0 aromatic heterocycles. The molecule has 1 aromatic rings. The molecule has 0 spiro atoms. The Morgan fingerprint density at radius 3 is 2.35 bits per heavy atom. The van der Waals surface area contributed by atoms with E-state index in [2.05, 4.69) is 5.32 Å². The molecule has 0 unspecified atom stereocenters. The van der Waals surface area contributed by atoms with E-state index in [-0.39, 0.29) is 0 Å². The lowest BCUT2D eigenvalue weighted by molar-refractivity contribution is -0.244. The van der Waals surface area contributed by atoms with Crippen molar-refractivity contribution in [1.29, 1.82) is 0 Å². The van der Waals surface area contributed by atoms with Gasteiger partial charge in [-0.15, -0.1) is 0 Å². The average molecular weight is 327 g/mol. The number of benzene rings is 1. The van der Waals surface area contributed by atoms with E-state index < -0.39 is 43.2 Å². The number of amides is 1. The summed E-state index contributed by atoms with van der Waals surface area (Å²) in [5.74, 6) is 0.658. The summed E-state index contributed by atoms with van der Waals surface area (Å²) in [5, 5.41) is 31.8. The number of carbonyl (C=O) groups is 1. The van der Waals surface area contributed by atoms with Gasteiger partial charge < -0.3 is 34.8 Å². The van der Waals surface area contributed by atoms with Crippen LogP contribution in [0, 0.1) is 0 Å². The maximum Gasteiger partial charge on any atom is 0.223 e. The summed E-state index contributed by atoms with van der Waals surface area (Å²) >= 11 is 0. The monoisotopic (exact) mass is 327 g/mol. The summed E-state index contributed by atoms with van der Waals surface area (Å²) in [6.45, 7) is 0.787. The lowest BCUT2D eigenvalue weighted by Crippen LogP contribution is -2.65. The molecule has 1 saturated heterocycles. The van der Waals surface area contributed by atoms with Gasteiger partial charge in [0.25, 0.3) is 0 Å². The van der Waals surface area contributed by atoms with Crippen LogP contribution in [0.4, 0.5) is 0 Å². The molecular weight excluding hydrogens is 306 g/mol. The molecule has 5 atom stereocenters. The molecule has 128 valence electrons. The normalized spacial score (nSPS) is 30.6. The Bertz CT molecular complexity index is 521. The molecule has 4 N–H and O–H groups in total. The molecule has 1 fully saturated rings. The molecule has 2 rings (SSSR count). The number of ether oxygens (including phenoxy) is 3. The highest BCUT2D eigenvalue weighted by Crippen LogP contribution is 2.25. The first-order valence-corrected chi connectivity index (χ1v) is 7.16. The first-order chi connectivity index (χ1) is 11.0. The molecule has 1 aromatic carbocycles. The summed E-state index contributed by atoms with van der Waals surface area (Å²) in [6, 6.07) is 5.66. The van der Waals surface area contributed by atoms with Gasteiger partial charge in [-0.25, -0.2) is 0 Å². The van der Waals surface area contributed by atoms with Crippen LogP contribution in [-0.2, 0) is 9.53 Å². The van der Waals surface area contributed by atoms with Crippen LogP contribution in [0.3, 0.4) is 0 Å². The number of methoxy groups -OCH3 is 1. The van der Waals surface area contributed by atoms with Crippen molar-refractivity contribution in [3.05, 3.63) is 24.3 Å². The van der Waals surface area contributed by atoms with Crippen molar-refractivity contribution < 1.29 is 34.3 Å². The number of aliphatic hydroxyl groups excluding tert-OH is 3. The van der Waals surface area contributed by atoms with Gasteiger partial charge in [0.2, 0.25) is 12.2 Å². The largest absolute Gasteiger partial charge is 0.497 e. The third-order valence-corrected chi connectivity index (χ3v) is 3.56. The van der Waals surface area contributed by atoms with Crippen LogP contribution in [0.15, 0.2) is 24.3 Å². The second-order valence-corrected chi connectivity index (χ2v) is 5.23. The molecule has 23 heavy (non-hydrogen) atoms. The quantitative estimate of drug-likeness (QED) is 0.549. The molecule has 1 heterocycles. The SMILES string of the molecule is COc1ccc(O[C@@H]2O[C@H](CO)[C@@H](O)[C@H](O)[C@@H]2NC(C)=O)cc1. The molecule has 0 bridgehead atoms. The number of hydrogen-bond donors (Lipinski definition) is 4. The highest BCUT2D eigenvalue weighted by atomic mass is 16.7. The summed E-state index contributed by atoms with van der Waals surface area (Å²) in [6.07, 6.45) is -4.76. The summed E-state index contributed by atoms with van der Waals surface area (Å²) in [7, 11) is 1.54. The summed E-state index contributed by atoms with van der Waals surface area (Å²) in [5.41, 5.74) is 0. The Hall–Kier alpha value is -1.87. The van der Waals surface area contributed by atoms with E-state index in [1.54, 1.807) is 24.3 Å². The molecule has 1 aliphatic rings. The Balaban J connectivity index is 2.17. The van der Waals surface area contributed by atoms with E-state index in [1.807, 2.05) is 0 Å². The fraction of sp³-hybridized carbons (Fsp3) is 0.533. The van der Waals surface area contributed by atoms with Gasteiger partial charge in [-0.1, -0.05) is 0 Å². The molecule has 0 saturated carbocycles. The minimum atomic E-state index is -1.34. The van der Waals surface area contributed by atoms with Crippen molar-refractivity contribution in [2.75, 3.05) is 13.7 Å². The van der Waals surface area contributed by atoms with Gasteiger partial charge in [0.1, 0.15) is 35.9 Å². The maximum absolute atomic E-state index is 11.3. The van der Waals surface area contributed by atoms with Crippen LogP contribution in [0.25, 0.3) is 0 Å². The third-order valence-electron chi connectivity index (χ3n) is 3.56. The summed E-state index contributed by atoms with van der Waals surface area (Å²) < 4.78 is 16.2. The first kappa shape index (κ1) is 17.5. The fourth-order valence-corrected chi connectivity index (χ4v) is 2.36. The summed E-state index contributed by atoms with van der Waals surface area (Å²) in [4.78, 5) is 11.3. The standard InChI is InChI=1S/C15H21NO7/c1-8(18)16-12-14(20)13(19)11(7-17)23-15(12)22-10-5-3-9(21-2)4-6-10/h3-6,11-15,17,19-20H,7H2,1-2H3,(H,16,18)/t11-,12+,13-,14-,15-/m1/s1. The van der Waals surface area contributed by atoms with Crippen molar-refractivity contribution in [2.24, 2.45) is 0 Å². The number of rotatable bonds is 5. The molecule has 1 aliphatic heterocycles. The predicted molar refractivity (Wildman–Crippen MR) is 79.0 cm³/mol. The number of carbonyl (C=O) groups excluding carboxylic acids is 1. The van der Waals surface area contributed by atoms with E-state index in [0.29, 0.717) is 11.5 Å². The molecule has 8 nitrogen and oxygen atoms in total. The third kappa shape index (κ3) is 4.11. The van der Waals surface area contributed by atoms with Crippen molar-refractivity contribution in [3.8, 4) is 11.5 Å². The zero-order chi connectivity index (χ0) is 17.0. The van der Waals surface area contributed by atoms with Gasteiger partial charge in [-0.3, -0.25) is 4.79 Å². The van der Waals surface area contributed by atoms with E-state index in [0.717, 1.165) is 0 Å². The van der Waals surface area contributed by atoms with Gasteiger partial charge in [0, 0.05) is 6.92 Å². The minimum Gasteiger partial charge on any atom is -0.497 e. The second kappa shape index (κ2) is 7.60. The number of hydrogen-bond acceptors (Lipinski definition) is 7. The highest BCUT2D eigenvalue weighted by molar-refractivity contribution is 5.73.